The van der Waals surface area contributed by atoms with E-state index in [9.17, 15) is 9.59 Å². The molecule has 0 radical (unpaired) electrons. The van der Waals surface area contributed by atoms with Gasteiger partial charge in [0.05, 0.1) is 7.11 Å². The summed E-state index contributed by atoms with van der Waals surface area (Å²) in [6.45, 7) is 6.08. The Kier molecular flexibility index (Phi) is 5.56. The zero-order valence-electron chi connectivity index (χ0n) is 18.4. The van der Waals surface area contributed by atoms with Gasteiger partial charge in [-0.25, -0.2) is 0 Å². The van der Waals surface area contributed by atoms with Crippen LogP contribution in [0.15, 0.2) is 40.5 Å². The number of allylic oxidation sites excluding steroid dienone is 2. The quantitative estimate of drug-likeness (QED) is 0.657. The Morgan fingerprint density at radius 2 is 1.83 bits per heavy atom. The molecule has 0 N–H and O–H groups in total. The molecule has 1 heterocycles. The van der Waals surface area contributed by atoms with Crippen molar-refractivity contribution in [1.29, 1.82) is 0 Å². The zero-order valence-corrected chi connectivity index (χ0v) is 18.4. The van der Waals surface area contributed by atoms with Gasteiger partial charge in [-0.05, 0) is 50.5 Å². The maximum Gasteiger partial charge on any atom is 0.315 e. The number of rotatable bonds is 4. The van der Waals surface area contributed by atoms with Crippen LogP contribution in [0.1, 0.15) is 70.8 Å². The van der Waals surface area contributed by atoms with Crippen LogP contribution in [0.2, 0.25) is 0 Å². The summed E-state index contributed by atoms with van der Waals surface area (Å²) in [5, 5.41) is 0. The molecular formula is C25H31NO4. The highest BCUT2D eigenvalue weighted by atomic mass is 16.5. The summed E-state index contributed by atoms with van der Waals surface area (Å²) in [5.74, 6) is -0.548. The van der Waals surface area contributed by atoms with E-state index in [0.717, 1.165) is 49.1 Å². The van der Waals surface area contributed by atoms with E-state index in [2.05, 4.69) is 13.8 Å². The fourth-order valence-corrected chi connectivity index (χ4v) is 5.25. The molecule has 4 rings (SSSR count). The van der Waals surface area contributed by atoms with Crippen LogP contribution in [0.3, 0.4) is 0 Å². The van der Waals surface area contributed by atoms with E-state index >= 15 is 0 Å². The van der Waals surface area contributed by atoms with Gasteiger partial charge >= 0.3 is 5.97 Å². The Labute approximate surface area is 178 Å². The molecular weight excluding hydrogens is 378 g/mol. The lowest BCUT2D eigenvalue weighted by Crippen LogP contribution is -2.40. The largest absolute Gasteiger partial charge is 0.496 e. The molecule has 30 heavy (non-hydrogen) atoms. The van der Waals surface area contributed by atoms with E-state index < -0.39 is 11.8 Å². The van der Waals surface area contributed by atoms with Gasteiger partial charge in [0.25, 0.3) is 0 Å². The van der Waals surface area contributed by atoms with Crippen molar-refractivity contribution in [2.45, 2.75) is 71.3 Å². The number of nitrogens with zero attached hydrogens (tertiary/aromatic N) is 1. The average molecular weight is 410 g/mol. The van der Waals surface area contributed by atoms with Crippen LogP contribution in [0.4, 0.5) is 0 Å². The standard InChI is InChI=1S/C25H31NO4/c1-15-21(24(28)30-16-9-5-6-10-16)22(17-11-7-8-12-20(17)29-4)23-18(26-15)13-25(2,3)14-19(23)27/h7-8,11-12,16,21-22H,5-6,9-10,13-14H2,1-4H3/t21?,22-/m0/s1. The van der Waals surface area contributed by atoms with Gasteiger partial charge in [0.2, 0.25) is 0 Å². The van der Waals surface area contributed by atoms with Crippen molar-refractivity contribution in [3.63, 3.8) is 0 Å². The van der Waals surface area contributed by atoms with Crippen molar-refractivity contribution < 1.29 is 19.1 Å². The Morgan fingerprint density at radius 1 is 1.13 bits per heavy atom. The van der Waals surface area contributed by atoms with Crippen LogP contribution >= 0.6 is 0 Å². The Bertz CT molecular complexity index is 921. The Balaban J connectivity index is 1.81. The van der Waals surface area contributed by atoms with Crippen LogP contribution in [0.5, 0.6) is 5.75 Å². The van der Waals surface area contributed by atoms with E-state index in [1.54, 1.807) is 7.11 Å². The van der Waals surface area contributed by atoms with Gasteiger partial charge < -0.3 is 9.47 Å². The molecule has 0 bridgehead atoms. The molecule has 0 spiro atoms. The number of ether oxygens (including phenoxy) is 2. The lowest BCUT2D eigenvalue weighted by Gasteiger charge is -2.39. The molecule has 2 aliphatic carbocycles. The average Bonchev–Trinajstić information content (AvgIpc) is 3.18. The summed E-state index contributed by atoms with van der Waals surface area (Å²) < 4.78 is 11.5. The molecule has 1 unspecified atom stereocenters. The summed E-state index contributed by atoms with van der Waals surface area (Å²) in [6, 6.07) is 7.66. The number of methoxy groups -OCH3 is 1. The molecule has 2 atom stereocenters. The molecule has 0 amide bonds. The number of carbonyl (C=O) groups excluding carboxylic acids is 2. The van der Waals surface area contributed by atoms with Gasteiger partial charge in [-0.2, -0.15) is 0 Å². The third kappa shape index (κ3) is 3.82. The van der Waals surface area contributed by atoms with E-state index in [-0.39, 0.29) is 23.3 Å². The second-order valence-corrected chi connectivity index (χ2v) is 9.60. The Morgan fingerprint density at radius 3 is 2.53 bits per heavy atom. The second-order valence-electron chi connectivity index (χ2n) is 9.60. The molecule has 1 saturated carbocycles. The second kappa shape index (κ2) is 8.01. The normalized spacial score (nSPS) is 26.3. The van der Waals surface area contributed by atoms with E-state index in [1.807, 2.05) is 31.2 Å². The number of aliphatic imine (C=N–C) groups is 1. The number of hydrogen-bond acceptors (Lipinski definition) is 5. The summed E-state index contributed by atoms with van der Waals surface area (Å²) >= 11 is 0. The van der Waals surface area contributed by atoms with Gasteiger partial charge in [-0.15, -0.1) is 0 Å². The SMILES string of the molecule is COc1ccccc1[C@@H]1C2=C(CC(C)(C)CC2=O)N=C(C)C1C(=O)OC1CCCC1. The molecule has 1 aromatic rings. The minimum absolute atomic E-state index is 0.0278. The highest BCUT2D eigenvalue weighted by Crippen LogP contribution is 2.49. The summed E-state index contributed by atoms with van der Waals surface area (Å²) in [5.41, 5.74) is 2.91. The topological polar surface area (TPSA) is 65.0 Å². The third-order valence-corrected chi connectivity index (χ3v) is 6.62. The van der Waals surface area contributed by atoms with Crippen molar-refractivity contribution in [3.05, 3.63) is 41.1 Å². The van der Waals surface area contributed by atoms with E-state index in [0.29, 0.717) is 17.7 Å². The number of hydrogen-bond donors (Lipinski definition) is 0. The first kappa shape index (κ1) is 20.8. The number of ketones is 1. The van der Waals surface area contributed by atoms with Crippen LogP contribution in [-0.4, -0.2) is 30.7 Å². The van der Waals surface area contributed by atoms with Gasteiger partial charge in [0.15, 0.2) is 5.78 Å². The summed E-state index contributed by atoms with van der Waals surface area (Å²) in [4.78, 5) is 31.5. The monoisotopic (exact) mass is 409 g/mol. The fraction of sp³-hybridized carbons (Fsp3) is 0.560. The molecule has 1 fully saturated rings. The molecule has 0 saturated heterocycles. The predicted octanol–water partition coefficient (Wildman–Crippen LogP) is 5.00. The smallest absolute Gasteiger partial charge is 0.315 e. The van der Waals surface area contributed by atoms with Crippen LogP contribution in [-0.2, 0) is 14.3 Å². The third-order valence-electron chi connectivity index (χ3n) is 6.62. The molecule has 5 nitrogen and oxygen atoms in total. The molecule has 1 aromatic carbocycles. The van der Waals surface area contributed by atoms with Crippen molar-refractivity contribution in [1.82, 2.24) is 0 Å². The molecule has 0 aromatic heterocycles. The highest BCUT2D eigenvalue weighted by molar-refractivity contribution is 6.09. The maximum atomic E-state index is 13.4. The van der Waals surface area contributed by atoms with Crippen molar-refractivity contribution in [2.75, 3.05) is 7.11 Å². The Hall–Kier alpha value is -2.43. The zero-order chi connectivity index (χ0) is 21.5. The number of Topliss-reactive ketones (excluding diaryl/α,β-unsaturated/α-hetero) is 1. The number of para-hydroxylation sites is 1. The van der Waals surface area contributed by atoms with Crippen molar-refractivity contribution >= 4 is 17.5 Å². The highest BCUT2D eigenvalue weighted by Gasteiger charge is 2.47. The first-order valence-electron chi connectivity index (χ1n) is 11.0. The molecule has 3 aliphatic rings. The van der Waals surface area contributed by atoms with Gasteiger partial charge in [0.1, 0.15) is 17.8 Å². The maximum absolute atomic E-state index is 13.4. The lowest BCUT2D eigenvalue weighted by molar-refractivity contribution is -0.151. The predicted molar refractivity (Wildman–Crippen MR) is 116 cm³/mol. The van der Waals surface area contributed by atoms with Crippen molar-refractivity contribution in [2.24, 2.45) is 16.3 Å². The minimum Gasteiger partial charge on any atom is -0.496 e. The first-order chi connectivity index (χ1) is 14.3. The molecule has 1 aliphatic heterocycles. The van der Waals surface area contributed by atoms with Crippen LogP contribution < -0.4 is 4.74 Å². The van der Waals surface area contributed by atoms with Crippen LogP contribution in [0, 0.1) is 11.3 Å². The van der Waals surface area contributed by atoms with Crippen LogP contribution in [0.25, 0.3) is 0 Å². The fourth-order valence-electron chi connectivity index (χ4n) is 5.25. The minimum atomic E-state index is -0.606. The number of carbonyl (C=O) groups is 2. The van der Waals surface area contributed by atoms with E-state index in [1.165, 1.54) is 0 Å². The number of benzene rings is 1. The van der Waals surface area contributed by atoms with Gasteiger partial charge in [-0.1, -0.05) is 32.0 Å². The van der Waals surface area contributed by atoms with Gasteiger partial charge in [0, 0.05) is 34.9 Å². The summed E-state index contributed by atoms with van der Waals surface area (Å²) in [7, 11) is 1.62. The first-order valence-corrected chi connectivity index (χ1v) is 11.0. The number of esters is 1. The van der Waals surface area contributed by atoms with Crippen molar-refractivity contribution in [3.8, 4) is 5.75 Å². The van der Waals surface area contributed by atoms with Gasteiger partial charge in [-0.3, -0.25) is 14.6 Å². The summed E-state index contributed by atoms with van der Waals surface area (Å²) in [6.07, 6.45) is 5.16. The van der Waals surface area contributed by atoms with E-state index in [4.69, 9.17) is 14.5 Å². The lowest BCUT2D eigenvalue weighted by atomic mass is 9.66. The molecule has 160 valence electrons. The molecule has 5 heteroatoms.